The topological polar surface area (TPSA) is 54.4 Å². The Morgan fingerprint density at radius 1 is 1.43 bits per heavy atom. The summed E-state index contributed by atoms with van der Waals surface area (Å²) in [5.41, 5.74) is 0.560. The van der Waals surface area contributed by atoms with Crippen molar-refractivity contribution < 1.29 is 13.0 Å². The Balaban J connectivity index is 3.37. The van der Waals surface area contributed by atoms with E-state index in [4.69, 9.17) is 4.55 Å². The van der Waals surface area contributed by atoms with Crippen LogP contribution >= 0.6 is 0 Å². The Kier molecular flexibility index (Phi) is 3.08. The Morgan fingerprint density at radius 2 is 2.00 bits per heavy atom. The van der Waals surface area contributed by atoms with Gasteiger partial charge in [0.2, 0.25) is 0 Å². The van der Waals surface area contributed by atoms with Crippen molar-refractivity contribution in [2.45, 2.75) is 17.7 Å². The SMILES string of the molecule is C=CC(C)c1ccccc1S(=O)(=O)O. The van der Waals surface area contributed by atoms with E-state index in [9.17, 15) is 8.42 Å². The van der Waals surface area contributed by atoms with Crippen LogP contribution in [-0.4, -0.2) is 13.0 Å². The summed E-state index contributed by atoms with van der Waals surface area (Å²) in [5.74, 6) is -0.104. The Hall–Kier alpha value is -1.13. The van der Waals surface area contributed by atoms with Crippen LogP contribution in [0.25, 0.3) is 0 Å². The average Bonchev–Trinajstić information content (AvgIpc) is 2.15. The molecule has 0 aliphatic rings. The molecule has 0 saturated carbocycles. The summed E-state index contributed by atoms with van der Waals surface area (Å²) in [6, 6.07) is 6.34. The lowest BCUT2D eigenvalue weighted by atomic mass is 10.0. The molecule has 0 aromatic heterocycles. The molecule has 0 fully saturated rings. The molecule has 0 saturated heterocycles. The molecule has 14 heavy (non-hydrogen) atoms. The van der Waals surface area contributed by atoms with Crippen molar-refractivity contribution in [3.05, 3.63) is 42.5 Å². The van der Waals surface area contributed by atoms with Gasteiger partial charge in [0.25, 0.3) is 10.1 Å². The van der Waals surface area contributed by atoms with E-state index in [1.54, 1.807) is 24.3 Å². The van der Waals surface area contributed by atoms with Crippen LogP contribution < -0.4 is 0 Å². The fourth-order valence-corrected chi connectivity index (χ4v) is 2.02. The molecule has 1 rings (SSSR count). The van der Waals surface area contributed by atoms with Crippen molar-refractivity contribution in [1.82, 2.24) is 0 Å². The molecule has 1 aromatic rings. The fourth-order valence-electron chi connectivity index (χ4n) is 1.22. The van der Waals surface area contributed by atoms with Gasteiger partial charge in [-0.1, -0.05) is 31.2 Å². The van der Waals surface area contributed by atoms with Gasteiger partial charge in [-0.05, 0) is 11.6 Å². The van der Waals surface area contributed by atoms with Crippen LogP contribution in [0.15, 0.2) is 41.8 Å². The first kappa shape index (κ1) is 10.9. The second-order valence-corrected chi connectivity index (χ2v) is 4.43. The van der Waals surface area contributed by atoms with Crippen molar-refractivity contribution >= 4 is 10.1 Å². The van der Waals surface area contributed by atoms with Gasteiger partial charge < -0.3 is 0 Å². The van der Waals surface area contributed by atoms with E-state index in [1.807, 2.05) is 6.92 Å². The fraction of sp³-hybridized carbons (Fsp3) is 0.200. The van der Waals surface area contributed by atoms with Gasteiger partial charge >= 0.3 is 0 Å². The second-order valence-electron chi connectivity index (χ2n) is 3.04. The predicted molar refractivity (Wildman–Crippen MR) is 54.9 cm³/mol. The van der Waals surface area contributed by atoms with Crippen LogP contribution in [0.1, 0.15) is 18.4 Å². The van der Waals surface area contributed by atoms with Crippen LogP contribution in [0.4, 0.5) is 0 Å². The minimum atomic E-state index is -4.14. The molecule has 0 spiro atoms. The Morgan fingerprint density at radius 3 is 2.50 bits per heavy atom. The normalized spacial score (nSPS) is 13.6. The monoisotopic (exact) mass is 212 g/mol. The smallest absolute Gasteiger partial charge is 0.282 e. The number of hydrogen-bond acceptors (Lipinski definition) is 2. The molecule has 0 aliphatic heterocycles. The van der Waals surface area contributed by atoms with E-state index >= 15 is 0 Å². The second kappa shape index (κ2) is 3.94. The van der Waals surface area contributed by atoms with Gasteiger partial charge in [0.1, 0.15) is 0 Å². The number of rotatable bonds is 3. The highest BCUT2D eigenvalue weighted by molar-refractivity contribution is 7.85. The first-order valence-electron chi connectivity index (χ1n) is 4.15. The third-order valence-electron chi connectivity index (χ3n) is 2.04. The molecule has 1 N–H and O–H groups in total. The minimum Gasteiger partial charge on any atom is -0.282 e. The summed E-state index contributed by atoms with van der Waals surface area (Å²) in [5, 5.41) is 0. The van der Waals surface area contributed by atoms with E-state index in [1.165, 1.54) is 6.07 Å². The van der Waals surface area contributed by atoms with Crippen molar-refractivity contribution in [3.63, 3.8) is 0 Å². The maximum absolute atomic E-state index is 11.0. The van der Waals surface area contributed by atoms with E-state index in [0.29, 0.717) is 5.56 Å². The summed E-state index contributed by atoms with van der Waals surface area (Å²) in [7, 11) is -4.14. The van der Waals surface area contributed by atoms with Crippen molar-refractivity contribution in [3.8, 4) is 0 Å². The highest BCUT2D eigenvalue weighted by Crippen LogP contribution is 2.23. The quantitative estimate of drug-likeness (QED) is 0.617. The van der Waals surface area contributed by atoms with Crippen LogP contribution in [0.5, 0.6) is 0 Å². The molecule has 0 aliphatic carbocycles. The zero-order valence-electron chi connectivity index (χ0n) is 7.84. The summed E-state index contributed by atoms with van der Waals surface area (Å²) in [6.07, 6.45) is 1.63. The third-order valence-corrected chi connectivity index (χ3v) is 2.97. The molecular formula is C10H12O3S. The number of allylic oxidation sites excluding steroid dienone is 1. The average molecular weight is 212 g/mol. The van der Waals surface area contributed by atoms with E-state index < -0.39 is 10.1 Å². The van der Waals surface area contributed by atoms with Crippen LogP contribution in [0.2, 0.25) is 0 Å². The van der Waals surface area contributed by atoms with E-state index in [2.05, 4.69) is 6.58 Å². The third kappa shape index (κ3) is 2.21. The highest BCUT2D eigenvalue weighted by Gasteiger charge is 2.16. The van der Waals surface area contributed by atoms with Crippen molar-refractivity contribution in [2.24, 2.45) is 0 Å². The minimum absolute atomic E-state index is 0.0487. The highest BCUT2D eigenvalue weighted by atomic mass is 32.2. The Bertz CT molecular complexity index is 434. The van der Waals surface area contributed by atoms with Gasteiger partial charge in [-0.3, -0.25) is 4.55 Å². The van der Waals surface area contributed by atoms with Gasteiger partial charge in [0, 0.05) is 5.92 Å². The summed E-state index contributed by atoms with van der Waals surface area (Å²) in [6.45, 7) is 5.40. The lowest BCUT2D eigenvalue weighted by molar-refractivity contribution is 0.481. The molecular weight excluding hydrogens is 200 g/mol. The summed E-state index contributed by atoms with van der Waals surface area (Å²) >= 11 is 0. The molecule has 4 heteroatoms. The van der Waals surface area contributed by atoms with Gasteiger partial charge in [-0.15, -0.1) is 6.58 Å². The lowest BCUT2D eigenvalue weighted by Crippen LogP contribution is -2.04. The zero-order chi connectivity index (χ0) is 10.8. The predicted octanol–water partition coefficient (Wildman–Crippen LogP) is 2.22. The molecule has 1 atom stereocenters. The van der Waals surface area contributed by atoms with Gasteiger partial charge in [-0.25, -0.2) is 0 Å². The lowest BCUT2D eigenvalue weighted by Gasteiger charge is -2.10. The van der Waals surface area contributed by atoms with Gasteiger partial charge in [-0.2, -0.15) is 8.42 Å². The molecule has 1 unspecified atom stereocenters. The van der Waals surface area contributed by atoms with Gasteiger partial charge in [0.15, 0.2) is 0 Å². The first-order valence-corrected chi connectivity index (χ1v) is 5.60. The zero-order valence-corrected chi connectivity index (χ0v) is 8.66. The van der Waals surface area contributed by atoms with Gasteiger partial charge in [0.05, 0.1) is 4.90 Å². The number of hydrogen-bond donors (Lipinski definition) is 1. The molecule has 0 heterocycles. The molecule has 0 radical (unpaired) electrons. The van der Waals surface area contributed by atoms with Crippen LogP contribution in [0, 0.1) is 0 Å². The first-order chi connectivity index (χ1) is 6.46. The maximum atomic E-state index is 11.0. The van der Waals surface area contributed by atoms with Crippen molar-refractivity contribution in [2.75, 3.05) is 0 Å². The molecule has 76 valence electrons. The van der Waals surface area contributed by atoms with E-state index in [0.717, 1.165) is 0 Å². The maximum Gasteiger partial charge on any atom is 0.294 e. The molecule has 0 bridgehead atoms. The van der Waals surface area contributed by atoms with Crippen LogP contribution in [0.3, 0.4) is 0 Å². The molecule has 1 aromatic carbocycles. The van der Waals surface area contributed by atoms with Crippen molar-refractivity contribution in [1.29, 1.82) is 0 Å². The molecule has 3 nitrogen and oxygen atoms in total. The standard InChI is InChI=1S/C10H12O3S/c1-3-8(2)9-6-4-5-7-10(9)14(11,12)13/h3-8H,1H2,2H3,(H,11,12,13). The van der Waals surface area contributed by atoms with Crippen LogP contribution in [-0.2, 0) is 10.1 Å². The molecule has 0 amide bonds. The largest absolute Gasteiger partial charge is 0.294 e. The summed E-state index contributed by atoms with van der Waals surface area (Å²) in [4.78, 5) is -0.0487. The van der Waals surface area contributed by atoms with E-state index in [-0.39, 0.29) is 10.8 Å². The number of benzene rings is 1. The summed E-state index contributed by atoms with van der Waals surface area (Å²) < 4.78 is 30.9. The Labute approximate surface area is 83.8 Å².